The summed E-state index contributed by atoms with van der Waals surface area (Å²) in [6.45, 7) is 7.84. The van der Waals surface area contributed by atoms with Crippen LogP contribution < -0.4 is 20.3 Å². The Labute approximate surface area is 191 Å². The van der Waals surface area contributed by atoms with Crippen molar-refractivity contribution in [2.45, 2.75) is 39.3 Å². The Kier molecular flexibility index (Phi) is 9.50. The zero-order valence-electron chi connectivity index (χ0n) is 17.5. The van der Waals surface area contributed by atoms with Crippen molar-refractivity contribution in [2.75, 3.05) is 31.6 Å². The van der Waals surface area contributed by atoms with Crippen LogP contribution in [-0.4, -0.2) is 37.7 Å². The van der Waals surface area contributed by atoms with Crippen molar-refractivity contribution in [2.24, 2.45) is 4.99 Å². The van der Waals surface area contributed by atoms with E-state index in [0.29, 0.717) is 12.4 Å². The van der Waals surface area contributed by atoms with Gasteiger partial charge in [0.05, 0.1) is 25.4 Å². The minimum Gasteiger partial charge on any atom is -0.481 e. The molecule has 1 aromatic heterocycles. The second-order valence-corrected chi connectivity index (χ2v) is 7.02. The van der Waals surface area contributed by atoms with E-state index >= 15 is 0 Å². The highest BCUT2D eigenvalue weighted by atomic mass is 127. The van der Waals surface area contributed by atoms with Crippen LogP contribution in [0, 0.1) is 0 Å². The van der Waals surface area contributed by atoms with E-state index in [1.807, 2.05) is 18.2 Å². The van der Waals surface area contributed by atoms with Gasteiger partial charge in [0.15, 0.2) is 5.96 Å². The summed E-state index contributed by atoms with van der Waals surface area (Å²) < 4.78 is 5.19. The van der Waals surface area contributed by atoms with E-state index in [-0.39, 0.29) is 30.0 Å². The van der Waals surface area contributed by atoms with Gasteiger partial charge in [0.25, 0.3) is 0 Å². The molecule has 7 heteroatoms. The van der Waals surface area contributed by atoms with E-state index in [2.05, 4.69) is 58.6 Å². The molecule has 158 valence electrons. The van der Waals surface area contributed by atoms with E-state index in [1.54, 1.807) is 7.11 Å². The number of nitrogens with zero attached hydrogens (tertiary/aromatic N) is 3. The van der Waals surface area contributed by atoms with Crippen LogP contribution in [0.4, 0.5) is 5.69 Å². The molecule has 1 saturated heterocycles. The van der Waals surface area contributed by atoms with Crippen molar-refractivity contribution in [1.82, 2.24) is 15.6 Å². The minimum atomic E-state index is 0. The first-order valence-electron chi connectivity index (χ1n) is 10.1. The second kappa shape index (κ2) is 11.8. The Balaban J connectivity index is 0.00000300. The molecule has 6 nitrogen and oxygen atoms in total. The van der Waals surface area contributed by atoms with Crippen LogP contribution in [0.2, 0.25) is 0 Å². The molecular formula is C22H32IN5O. The normalized spacial score (nSPS) is 14.9. The van der Waals surface area contributed by atoms with Crippen LogP contribution in [0.3, 0.4) is 0 Å². The first-order chi connectivity index (χ1) is 13.7. The van der Waals surface area contributed by atoms with Crippen molar-refractivity contribution < 1.29 is 4.74 Å². The van der Waals surface area contributed by atoms with Crippen LogP contribution >= 0.6 is 24.0 Å². The number of ether oxygens (including phenoxy) is 1. The van der Waals surface area contributed by atoms with Gasteiger partial charge in [-0.05, 0) is 50.5 Å². The highest BCUT2D eigenvalue weighted by Crippen LogP contribution is 2.24. The van der Waals surface area contributed by atoms with Gasteiger partial charge >= 0.3 is 0 Å². The molecule has 0 bridgehead atoms. The van der Waals surface area contributed by atoms with Crippen molar-refractivity contribution >= 4 is 35.6 Å². The van der Waals surface area contributed by atoms with Gasteiger partial charge < -0.3 is 20.3 Å². The summed E-state index contributed by atoms with van der Waals surface area (Å²) in [5, 5.41) is 6.83. The maximum absolute atomic E-state index is 5.19. The molecule has 2 aromatic rings. The zero-order chi connectivity index (χ0) is 19.8. The predicted octanol–water partition coefficient (Wildman–Crippen LogP) is 4.12. The molecule has 1 unspecified atom stereocenters. The highest BCUT2D eigenvalue weighted by molar-refractivity contribution is 14.0. The summed E-state index contributed by atoms with van der Waals surface area (Å²) >= 11 is 0. The van der Waals surface area contributed by atoms with E-state index < -0.39 is 0 Å². The first kappa shape index (κ1) is 23.3. The molecule has 1 aliphatic rings. The Morgan fingerprint density at radius 2 is 1.97 bits per heavy atom. The Morgan fingerprint density at radius 3 is 2.69 bits per heavy atom. The van der Waals surface area contributed by atoms with Gasteiger partial charge in [-0.15, -0.1) is 24.0 Å². The Hall–Kier alpha value is -2.03. The molecule has 29 heavy (non-hydrogen) atoms. The maximum atomic E-state index is 5.19. The summed E-state index contributed by atoms with van der Waals surface area (Å²) in [5.74, 6) is 1.39. The second-order valence-electron chi connectivity index (χ2n) is 7.02. The fraction of sp³-hybridized carbons (Fsp3) is 0.455. The van der Waals surface area contributed by atoms with Crippen LogP contribution in [0.1, 0.15) is 44.0 Å². The van der Waals surface area contributed by atoms with Crippen LogP contribution in [0.5, 0.6) is 5.88 Å². The number of methoxy groups -OCH3 is 1. The van der Waals surface area contributed by atoms with Crippen molar-refractivity contribution in [3.05, 3.63) is 53.7 Å². The molecule has 0 spiro atoms. The minimum absolute atomic E-state index is 0. The van der Waals surface area contributed by atoms with Crippen molar-refractivity contribution in [1.29, 1.82) is 0 Å². The van der Waals surface area contributed by atoms with Crippen LogP contribution in [0.25, 0.3) is 0 Å². The average molecular weight is 509 g/mol. The van der Waals surface area contributed by atoms with Crippen molar-refractivity contribution in [3.63, 3.8) is 0 Å². The smallest absolute Gasteiger partial charge is 0.213 e. The number of rotatable bonds is 7. The lowest BCUT2D eigenvalue weighted by molar-refractivity contribution is 0.396. The zero-order valence-corrected chi connectivity index (χ0v) is 19.8. The number of anilines is 1. The average Bonchev–Trinajstić information content (AvgIpc) is 3.27. The van der Waals surface area contributed by atoms with Gasteiger partial charge in [-0.2, -0.15) is 0 Å². The van der Waals surface area contributed by atoms with Crippen LogP contribution in [0.15, 0.2) is 47.5 Å². The van der Waals surface area contributed by atoms with Gasteiger partial charge in [-0.1, -0.05) is 18.2 Å². The summed E-state index contributed by atoms with van der Waals surface area (Å²) in [6.07, 6.45) is 2.57. The van der Waals surface area contributed by atoms with Gasteiger partial charge in [0.1, 0.15) is 0 Å². The fourth-order valence-corrected chi connectivity index (χ4v) is 3.39. The lowest BCUT2D eigenvalue weighted by Gasteiger charge is -2.22. The number of benzene rings is 1. The molecule has 0 amide bonds. The van der Waals surface area contributed by atoms with Gasteiger partial charge in [-0.3, -0.25) is 0 Å². The molecule has 3 rings (SSSR count). The molecule has 2 heterocycles. The lowest BCUT2D eigenvalue weighted by Crippen LogP contribution is -2.38. The van der Waals surface area contributed by atoms with Gasteiger partial charge in [0, 0.05) is 31.4 Å². The third-order valence-electron chi connectivity index (χ3n) is 4.93. The topological polar surface area (TPSA) is 61.8 Å². The standard InChI is InChI=1S/C22H31N5O.HI/c1-4-23-22(24-16-19-10-8-12-21(26-19)28-3)25-17(2)18-9-7-11-20(15-18)27-13-5-6-14-27;/h7-12,15,17H,4-6,13-14,16H2,1-3H3,(H2,23,24,25);1H. The number of nitrogens with one attached hydrogen (secondary N) is 2. The number of guanidine groups is 1. The van der Waals surface area contributed by atoms with Crippen molar-refractivity contribution in [3.8, 4) is 5.88 Å². The van der Waals surface area contributed by atoms with Crippen LogP contribution in [-0.2, 0) is 6.54 Å². The maximum Gasteiger partial charge on any atom is 0.213 e. The van der Waals surface area contributed by atoms with E-state index in [0.717, 1.165) is 31.3 Å². The molecule has 0 radical (unpaired) electrons. The molecule has 2 N–H and O–H groups in total. The fourth-order valence-electron chi connectivity index (χ4n) is 3.39. The monoisotopic (exact) mass is 509 g/mol. The van der Waals surface area contributed by atoms with E-state index in [4.69, 9.17) is 9.73 Å². The lowest BCUT2D eigenvalue weighted by atomic mass is 10.1. The molecule has 0 aliphatic carbocycles. The molecule has 1 atom stereocenters. The summed E-state index contributed by atoms with van der Waals surface area (Å²) in [7, 11) is 1.62. The van der Waals surface area contributed by atoms with Gasteiger partial charge in [0.2, 0.25) is 5.88 Å². The number of pyridine rings is 1. The highest BCUT2D eigenvalue weighted by Gasteiger charge is 2.14. The van der Waals surface area contributed by atoms with Gasteiger partial charge in [-0.25, -0.2) is 9.98 Å². The van der Waals surface area contributed by atoms with E-state index in [9.17, 15) is 0 Å². The summed E-state index contributed by atoms with van der Waals surface area (Å²) in [6, 6.07) is 14.7. The molecular weight excluding hydrogens is 477 g/mol. The molecule has 1 aromatic carbocycles. The molecule has 1 fully saturated rings. The number of aliphatic imine (C=N–C) groups is 1. The van der Waals surface area contributed by atoms with E-state index in [1.165, 1.54) is 24.1 Å². The summed E-state index contributed by atoms with van der Waals surface area (Å²) in [5.41, 5.74) is 3.45. The Bertz CT molecular complexity index is 792. The Morgan fingerprint density at radius 1 is 1.21 bits per heavy atom. The SMILES string of the molecule is CCNC(=NCc1cccc(OC)n1)NC(C)c1cccc(N2CCCC2)c1.I. The largest absolute Gasteiger partial charge is 0.481 e. The first-order valence-corrected chi connectivity index (χ1v) is 10.1. The number of halogens is 1. The predicted molar refractivity (Wildman–Crippen MR) is 130 cm³/mol. The number of hydrogen-bond donors (Lipinski definition) is 2. The third kappa shape index (κ3) is 6.76. The molecule has 1 aliphatic heterocycles. The number of aromatic nitrogens is 1. The third-order valence-corrected chi connectivity index (χ3v) is 4.93. The number of hydrogen-bond acceptors (Lipinski definition) is 4. The quantitative estimate of drug-likeness (QED) is 0.334. The molecule has 0 saturated carbocycles. The summed E-state index contributed by atoms with van der Waals surface area (Å²) in [4.78, 5) is 11.6.